The van der Waals surface area contributed by atoms with Crippen molar-refractivity contribution < 1.29 is 19.1 Å². The van der Waals surface area contributed by atoms with Gasteiger partial charge in [-0.2, -0.15) is 0 Å². The van der Waals surface area contributed by atoms with Crippen LogP contribution in [0, 0.1) is 0 Å². The molecule has 1 aliphatic rings. The molecule has 108 valence electrons. The summed E-state index contributed by atoms with van der Waals surface area (Å²) in [7, 11) is 0. The summed E-state index contributed by atoms with van der Waals surface area (Å²) >= 11 is 0. The van der Waals surface area contributed by atoms with Gasteiger partial charge in [0.1, 0.15) is 18.1 Å². The number of allylic oxidation sites excluding steroid dienone is 2. The van der Waals surface area contributed by atoms with Crippen LogP contribution in [0.3, 0.4) is 0 Å². The van der Waals surface area contributed by atoms with Crippen molar-refractivity contribution in [2.45, 2.75) is 6.92 Å². The zero-order chi connectivity index (χ0) is 15.2. The topological polar surface area (TPSA) is 52.6 Å². The van der Waals surface area contributed by atoms with Crippen LogP contribution in [0.4, 0.5) is 0 Å². The summed E-state index contributed by atoms with van der Waals surface area (Å²) in [6, 6.07) is 3.34. The highest BCUT2D eigenvalue weighted by atomic mass is 16.5. The number of fused-ring (bicyclic) bond motifs is 1. The van der Waals surface area contributed by atoms with E-state index in [2.05, 4.69) is 6.58 Å². The molecular weight excluding hydrogens is 268 g/mol. The predicted molar refractivity (Wildman–Crippen MR) is 80.8 cm³/mol. The van der Waals surface area contributed by atoms with E-state index in [0.717, 1.165) is 0 Å². The molecule has 0 saturated carbocycles. The zero-order valence-corrected chi connectivity index (χ0v) is 11.8. The minimum atomic E-state index is -0.162. The minimum Gasteiger partial charge on any atom is -0.489 e. The first-order chi connectivity index (χ1) is 10.2. The summed E-state index contributed by atoms with van der Waals surface area (Å²) in [4.78, 5) is 23.0. The molecule has 1 aromatic rings. The molecule has 1 aromatic carbocycles. The van der Waals surface area contributed by atoms with Gasteiger partial charge in [-0.1, -0.05) is 18.7 Å². The summed E-state index contributed by atoms with van der Waals surface area (Å²) in [5.41, 5.74) is 1.63. The van der Waals surface area contributed by atoms with Gasteiger partial charge in [-0.3, -0.25) is 9.59 Å². The molecule has 0 fully saturated rings. The molecule has 0 aliphatic carbocycles. The SMILES string of the molecule is C=C/C=C(\C)C(=O)COc1c(C=O)ccc2c1C=CCO2. The molecule has 0 atom stereocenters. The highest BCUT2D eigenvalue weighted by molar-refractivity contribution is 5.96. The number of benzene rings is 1. The summed E-state index contributed by atoms with van der Waals surface area (Å²) in [6.45, 7) is 5.58. The normalized spacial score (nSPS) is 13.1. The lowest BCUT2D eigenvalue weighted by Crippen LogP contribution is -2.14. The fourth-order valence-corrected chi connectivity index (χ4v) is 1.96. The van der Waals surface area contributed by atoms with Crippen molar-refractivity contribution in [3.63, 3.8) is 0 Å². The van der Waals surface area contributed by atoms with E-state index in [1.165, 1.54) is 0 Å². The number of rotatable bonds is 6. The summed E-state index contributed by atoms with van der Waals surface area (Å²) in [5.74, 6) is 0.854. The van der Waals surface area contributed by atoms with Gasteiger partial charge in [0.15, 0.2) is 18.7 Å². The van der Waals surface area contributed by atoms with Crippen LogP contribution >= 0.6 is 0 Å². The van der Waals surface area contributed by atoms with Crippen LogP contribution in [0.2, 0.25) is 0 Å². The molecule has 1 aliphatic heterocycles. The Kier molecular flexibility index (Phi) is 4.72. The van der Waals surface area contributed by atoms with Gasteiger partial charge in [-0.15, -0.1) is 0 Å². The van der Waals surface area contributed by atoms with Crippen molar-refractivity contribution >= 4 is 18.1 Å². The van der Waals surface area contributed by atoms with E-state index in [1.54, 1.807) is 31.2 Å². The standard InChI is InChI=1S/C17H16O4/c1-3-5-12(2)15(19)11-21-17-13(10-18)7-8-16-14(17)6-4-9-20-16/h3-8,10H,1,9,11H2,2H3/b12-5+. The van der Waals surface area contributed by atoms with E-state index in [0.29, 0.717) is 41.1 Å². The molecule has 0 N–H and O–H groups in total. The molecule has 0 aromatic heterocycles. The number of ether oxygens (including phenoxy) is 2. The van der Waals surface area contributed by atoms with Gasteiger partial charge in [0.25, 0.3) is 0 Å². The largest absolute Gasteiger partial charge is 0.489 e. The van der Waals surface area contributed by atoms with Crippen LogP contribution in [-0.4, -0.2) is 25.3 Å². The van der Waals surface area contributed by atoms with E-state index in [4.69, 9.17) is 9.47 Å². The van der Waals surface area contributed by atoms with Gasteiger partial charge < -0.3 is 9.47 Å². The molecular formula is C17H16O4. The Balaban J connectivity index is 2.26. The van der Waals surface area contributed by atoms with Crippen molar-refractivity contribution in [3.05, 3.63) is 53.6 Å². The van der Waals surface area contributed by atoms with Gasteiger partial charge >= 0.3 is 0 Å². The Morgan fingerprint density at radius 2 is 2.29 bits per heavy atom. The van der Waals surface area contributed by atoms with Crippen molar-refractivity contribution in [2.24, 2.45) is 0 Å². The van der Waals surface area contributed by atoms with Crippen molar-refractivity contribution in [1.29, 1.82) is 0 Å². The monoisotopic (exact) mass is 284 g/mol. The Labute approximate surface area is 123 Å². The van der Waals surface area contributed by atoms with Crippen LogP contribution in [0.1, 0.15) is 22.8 Å². The lowest BCUT2D eigenvalue weighted by atomic mass is 10.1. The van der Waals surface area contributed by atoms with E-state index in [-0.39, 0.29) is 12.4 Å². The first kappa shape index (κ1) is 14.8. The van der Waals surface area contributed by atoms with Crippen LogP contribution in [0.25, 0.3) is 6.08 Å². The number of ketones is 1. The first-order valence-corrected chi connectivity index (χ1v) is 6.54. The number of carbonyl (C=O) groups is 2. The highest BCUT2D eigenvalue weighted by Gasteiger charge is 2.17. The Bertz CT molecular complexity index is 638. The first-order valence-electron chi connectivity index (χ1n) is 6.54. The van der Waals surface area contributed by atoms with Crippen LogP contribution in [0.15, 0.2) is 42.5 Å². The molecule has 0 unspecified atom stereocenters. The third-order valence-electron chi connectivity index (χ3n) is 3.09. The van der Waals surface area contributed by atoms with Crippen molar-refractivity contribution in [1.82, 2.24) is 0 Å². The lowest BCUT2D eigenvalue weighted by molar-refractivity contribution is -0.117. The van der Waals surface area contributed by atoms with Gasteiger partial charge in [0.2, 0.25) is 0 Å². The third-order valence-corrected chi connectivity index (χ3v) is 3.09. The highest BCUT2D eigenvalue weighted by Crippen LogP contribution is 2.34. The summed E-state index contributed by atoms with van der Waals surface area (Å²) in [5, 5.41) is 0. The van der Waals surface area contributed by atoms with Gasteiger partial charge in [-0.25, -0.2) is 0 Å². The second-order valence-electron chi connectivity index (χ2n) is 4.52. The third kappa shape index (κ3) is 3.28. The fourth-order valence-electron chi connectivity index (χ4n) is 1.96. The van der Waals surface area contributed by atoms with E-state index in [1.807, 2.05) is 12.2 Å². The van der Waals surface area contributed by atoms with E-state index >= 15 is 0 Å². The number of aldehydes is 1. The predicted octanol–water partition coefficient (Wildman–Crippen LogP) is 2.98. The molecule has 21 heavy (non-hydrogen) atoms. The van der Waals surface area contributed by atoms with Crippen LogP contribution < -0.4 is 9.47 Å². The fraction of sp³-hybridized carbons (Fsp3) is 0.176. The molecule has 4 nitrogen and oxygen atoms in total. The van der Waals surface area contributed by atoms with Crippen molar-refractivity contribution in [3.8, 4) is 11.5 Å². The molecule has 0 bridgehead atoms. The average Bonchev–Trinajstić information content (AvgIpc) is 2.52. The molecule has 0 radical (unpaired) electrons. The van der Waals surface area contributed by atoms with Crippen LogP contribution in [-0.2, 0) is 4.79 Å². The molecule has 2 rings (SSSR count). The van der Waals surface area contributed by atoms with Gasteiger partial charge in [0.05, 0.1) is 11.1 Å². The molecule has 0 spiro atoms. The minimum absolute atomic E-state index is 0.138. The molecule has 0 saturated heterocycles. The Morgan fingerprint density at radius 3 is 3.00 bits per heavy atom. The number of carbonyl (C=O) groups excluding carboxylic acids is 2. The van der Waals surface area contributed by atoms with Gasteiger partial charge in [0, 0.05) is 0 Å². The quantitative estimate of drug-likeness (QED) is 0.458. The van der Waals surface area contributed by atoms with Gasteiger partial charge in [-0.05, 0) is 36.8 Å². The Hall–Kier alpha value is -2.62. The Morgan fingerprint density at radius 1 is 1.48 bits per heavy atom. The second-order valence-corrected chi connectivity index (χ2v) is 4.52. The maximum atomic E-state index is 11.9. The smallest absolute Gasteiger partial charge is 0.195 e. The number of Topliss-reactive ketones (excluding diaryl/α,β-unsaturated/α-hetero) is 1. The van der Waals surface area contributed by atoms with E-state index in [9.17, 15) is 9.59 Å². The zero-order valence-electron chi connectivity index (χ0n) is 11.8. The maximum absolute atomic E-state index is 11.9. The summed E-state index contributed by atoms with van der Waals surface area (Å²) < 4.78 is 11.0. The van der Waals surface area contributed by atoms with Crippen LogP contribution in [0.5, 0.6) is 11.5 Å². The summed E-state index contributed by atoms with van der Waals surface area (Å²) in [6.07, 6.45) is 7.53. The van der Waals surface area contributed by atoms with E-state index < -0.39 is 0 Å². The lowest BCUT2D eigenvalue weighted by Gasteiger charge is -2.17. The molecule has 0 amide bonds. The average molecular weight is 284 g/mol. The number of hydrogen-bond acceptors (Lipinski definition) is 4. The maximum Gasteiger partial charge on any atom is 0.195 e. The molecule has 4 heteroatoms. The van der Waals surface area contributed by atoms with Crippen molar-refractivity contribution in [2.75, 3.05) is 13.2 Å². The second kappa shape index (κ2) is 6.70. The number of hydrogen-bond donors (Lipinski definition) is 0. The molecule has 1 heterocycles.